The molecule has 2 aromatic carbocycles. The molecule has 1 amide bonds. The Balaban J connectivity index is 2.01. The van der Waals surface area contributed by atoms with Gasteiger partial charge in [-0.3, -0.25) is 4.79 Å². The maximum absolute atomic E-state index is 12.3. The lowest BCUT2D eigenvalue weighted by Gasteiger charge is -2.19. The molecule has 0 radical (unpaired) electrons. The monoisotopic (exact) mass is 357 g/mol. The first-order chi connectivity index (χ1) is 12.5. The summed E-state index contributed by atoms with van der Waals surface area (Å²) in [5, 5.41) is 3.01. The van der Waals surface area contributed by atoms with Crippen LogP contribution in [-0.2, 0) is 4.79 Å². The van der Waals surface area contributed by atoms with Crippen molar-refractivity contribution in [1.29, 1.82) is 0 Å². The molecular formula is C21H27NO4. The zero-order valence-electron chi connectivity index (χ0n) is 16.1. The molecule has 0 aliphatic rings. The Labute approximate surface area is 155 Å². The van der Waals surface area contributed by atoms with Crippen LogP contribution in [0.25, 0.3) is 0 Å². The number of hydrogen-bond acceptors (Lipinski definition) is 4. The van der Waals surface area contributed by atoms with Crippen LogP contribution in [0, 0.1) is 13.8 Å². The van der Waals surface area contributed by atoms with Crippen LogP contribution < -0.4 is 19.5 Å². The minimum Gasteiger partial charge on any atom is -0.493 e. The molecule has 2 aromatic rings. The lowest BCUT2D eigenvalue weighted by atomic mass is 10.0. The van der Waals surface area contributed by atoms with Gasteiger partial charge in [-0.2, -0.15) is 0 Å². The maximum Gasteiger partial charge on any atom is 0.258 e. The summed E-state index contributed by atoms with van der Waals surface area (Å²) < 4.78 is 16.2. The second kappa shape index (κ2) is 9.13. The van der Waals surface area contributed by atoms with Gasteiger partial charge in [0.1, 0.15) is 5.75 Å². The van der Waals surface area contributed by atoms with E-state index in [-0.39, 0.29) is 18.6 Å². The SMILES string of the molecule is CC[C@H](NC(=O)COc1cc(C)cc(C)c1)c1ccc(OC)c(OC)c1. The minimum absolute atomic E-state index is 0.0211. The molecule has 0 fully saturated rings. The third kappa shape index (κ3) is 5.15. The third-order valence-electron chi connectivity index (χ3n) is 4.12. The summed E-state index contributed by atoms with van der Waals surface area (Å²) >= 11 is 0. The van der Waals surface area contributed by atoms with E-state index in [9.17, 15) is 4.79 Å². The molecule has 1 N–H and O–H groups in total. The molecule has 0 aromatic heterocycles. The highest BCUT2D eigenvalue weighted by molar-refractivity contribution is 5.78. The van der Waals surface area contributed by atoms with Gasteiger partial charge in [-0.1, -0.05) is 19.1 Å². The molecule has 0 unspecified atom stereocenters. The number of ether oxygens (including phenoxy) is 3. The molecule has 26 heavy (non-hydrogen) atoms. The number of aryl methyl sites for hydroxylation is 2. The Morgan fingerprint density at radius 1 is 1.00 bits per heavy atom. The van der Waals surface area contributed by atoms with E-state index in [0.29, 0.717) is 17.2 Å². The molecule has 2 rings (SSSR count). The third-order valence-corrected chi connectivity index (χ3v) is 4.12. The Morgan fingerprint density at radius 3 is 2.23 bits per heavy atom. The van der Waals surface area contributed by atoms with Crippen molar-refractivity contribution >= 4 is 5.91 Å². The van der Waals surface area contributed by atoms with Gasteiger partial charge in [-0.05, 0) is 61.2 Å². The van der Waals surface area contributed by atoms with Crippen LogP contribution in [0.15, 0.2) is 36.4 Å². The molecule has 0 spiro atoms. The second-order valence-electron chi connectivity index (χ2n) is 6.25. The van der Waals surface area contributed by atoms with Crippen molar-refractivity contribution in [3.63, 3.8) is 0 Å². The molecule has 0 heterocycles. The summed E-state index contributed by atoms with van der Waals surface area (Å²) in [6.45, 7) is 6.01. The van der Waals surface area contributed by atoms with E-state index in [4.69, 9.17) is 14.2 Å². The van der Waals surface area contributed by atoms with E-state index in [0.717, 1.165) is 23.1 Å². The summed E-state index contributed by atoms with van der Waals surface area (Å²) in [5.41, 5.74) is 3.18. The van der Waals surface area contributed by atoms with Crippen LogP contribution in [0.3, 0.4) is 0 Å². The fourth-order valence-corrected chi connectivity index (χ4v) is 2.89. The van der Waals surface area contributed by atoms with Gasteiger partial charge < -0.3 is 19.5 Å². The maximum atomic E-state index is 12.3. The van der Waals surface area contributed by atoms with Gasteiger partial charge in [-0.15, -0.1) is 0 Å². The van der Waals surface area contributed by atoms with Crippen molar-refractivity contribution in [2.24, 2.45) is 0 Å². The van der Waals surface area contributed by atoms with E-state index in [1.54, 1.807) is 14.2 Å². The van der Waals surface area contributed by atoms with Crippen LogP contribution >= 0.6 is 0 Å². The Bertz CT molecular complexity index is 737. The van der Waals surface area contributed by atoms with Gasteiger partial charge in [0.25, 0.3) is 5.91 Å². The fourth-order valence-electron chi connectivity index (χ4n) is 2.89. The van der Waals surface area contributed by atoms with Crippen LogP contribution in [0.1, 0.15) is 36.1 Å². The zero-order chi connectivity index (χ0) is 19.1. The van der Waals surface area contributed by atoms with E-state index in [1.165, 1.54) is 0 Å². The Hall–Kier alpha value is -2.69. The molecule has 5 nitrogen and oxygen atoms in total. The number of hydrogen-bond donors (Lipinski definition) is 1. The molecule has 0 bridgehead atoms. The van der Waals surface area contributed by atoms with Crippen molar-refractivity contribution in [1.82, 2.24) is 5.32 Å². The van der Waals surface area contributed by atoms with Gasteiger partial charge in [0.2, 0.25) is 0 Å². The lowest BCUT2D eigenvalue weighted by molar-refractivity contribution is -0.123. The topological polar surface area (TPSA) is 56.8 Å². The van der Waals surface area contributed by atoms with Crippen LogP contribution in [-0.4, -0.2) is 26.7 Å². The Morgan fingerprint density at radius 2 is 1.65 bits per heavy atom. The molecule has 0 aliphatic carbocycles. The van der Waals surface area contributed by atoms with E-state index >= 15 is 0 Å². The normalized spacial score (nSPS) is 11.6. The fraction of sp³-hybridized carbons (Fsp3) is 0.381. The van der Waals surface area contributed by atoms with Crippen LogP contribution in [0.2, 0.25) is 0 Å². The van der Waals surface area contributed by atoms with Gasteiger partial charge in [-0.25, -0.2) is 0 Å². The first-order valence-electron chi connectivity index (χ1n) is 8.69. The molecular weight excluding hydrogens is 330 g/mol. The first kappa shape index (κ1) is 19.6. The molecule has 0 saturated heterocycles. The minimum atomic E-state index is -0.161. The standard InChI is InChI=1S/C21H27NO4/c1-6-18(16-7-8-19(24-4)20(12-16)25-5)22-21(23)13-26-17-10-14(2)9-15(3)11-17/h7-12,18H,6,13H2,1-5H3,(H,22,23)/t18-/m0/s1. The number of carbonyl (C=O) groups is 1. The average Bonchev–Trinajstić information content (AvgIpc) is 2.63. The van der Waals surface area contributed by atoms with Gasteiger partial charge in [0, 0.05) is 0 Å². The summed E-state index contributed by atoms with van der Waals surface area (Å²) in [6.07, 6.45) is 0.755. The average molecular weight is 357 g/mol. The first-order valence-corrected chi connectivity index (χ1v) is 8.69. The summed E-state index contributed by atoms with van der Waals surface area (Å²) in [7, 11) is 3.19. The number of nitrogens with one attached hydrogen (secondary N) is 1. The molecule has 0 saturated carbocycles. The van der Waals surface area contributed by atoms with E-state index in [2.05, 4.69) is 11.4 Å². The van der Waals surface area contributed by atoms with Crippen molar-refractivity contribution < 1.29 is 19.0 Å². The number of benzene rings is 2. The Kier molecular flexibility index (Phi) is 6.89. The van der Waals surface area contributed by atoms with Crippen LogP contribution in [0.4, 0.5) is 0 Å². The number of rotatable bonds is 8. The summed E-state index contributed by atoms with van der Waals surface area (Å²) in [5.74, 6) is 1.85. The second-order valence-corrected chi connectivity index (χ2v) is 6.25. The molecule has 0 aliphatic heterocycles. The highest BCUT2D eigenvalue weighted by Gasteiger charge is 2.15. The number of carbonyl (C=O) groups excluding carboxylic acids is 1. The predicted octanol–water partition coefficient (Wildman–Crippen LogP) is 3.97. The van der Waals surface area contributed by atoms with E-state index < -0.39 is 0 Å². The van der Waals surface area contributed by atoms with Gasteiger partial charge in [0.05, 0.1) is 20.3 Å². The van der Waals surface area contributed by atoms with Crippen molar-refractivity contribution in [2.45, 2.75) is 33.2 Å². The zero-order valence-corrected chi connectivity index (χ0v) is 16.1. The van der Waals surface area contributed by atoms with Crippen molar-refractivity contribution in [3.05, 3.63) is 53.1 Å². The van der Waals surface area contributed by atoms with Crippen molar-refractivity contribution in [3.8, 4) is 17.2 Å². The summed E-state index contributed by atoms with van der Waals surface area (Å²) in [4.78, 5) is 12.3. The van der Waals surface area contributed by atoms with Gasteiger partial charge in [0.15, 0.2) is 18.1 Å². The van der Waals surface area contributed by atoms with E-state index in [1.807, 2.05) is 51.1 Å². The molecule has 140 valence electrons. The predicted molar refractivity (Wildman–Crippen MR) is 102 cm³/mol. The largest absolute Gasteiger partial charge is 0.493 e. The molecule has 1 atom stereocenters. The van der Waals surface area contributed by atoms with Gasteiger partial charge >= 0.3 is 0 Å². The lowest BCUT2D eigenvalue weighted by Crippen LogP contribution is -2.32. The highest BCUT2D eigenvalue weighted by atomic mass is 16.5. The summed E-state index contributed by atoms with van der Waals surface area (Å²) in [6, 6.07) is 11.5. The van der Waals surface area contributed by atoms with Crippen LogP contribution in [0.5, 0.6) is 17.2 Å². The number of methoxy groups -OCH3 is 2. The molecule has 5 heteroatoms. The number of amides is 1. The van der Waals surface area contributed by atoms with Crippen molar-refractivity contribution in [2.75, 3.05) is 20.8 Å². The quantitative estimate of drug-likeness (QED) is 0.777. The highest BCUT2D eigenvalue weighted by Crippen LogP contribution is 2.30. The smallest absolute Gasteiger partial charge is 0.258 e.